The van der Waals surface area contributed by atoms with Gasteiger partial charge in [-0.05, 0) is 36.4 Å². The van der Waals surface area contributed by atoms with Crippen LogP contribution in [-0.4, -0.2) is 37.1 Å². The highest BCUT2D eigenvalue weighted by atomic mass is 32.2. The summed E-state index contributed by atoms with van der Waals surface area (Å²) < 4.78 is 26.6. The fourth-order valence-corrected chi connectivity index (χ4v) is 4.19. The lowest BCUT2D eigenvalue weighted by Crippen LogP contribution is -2.40. The maximum atomic E-state index is 13.9. The molecule has 196 valence electrons. The minimum atomic E-state index is -2.75. The van der Waals surface area contributed by atoms with Crippen LogP contribution in [0.5, 0.6) is 0 Å². The molecule has 0 fully saturated rings. The third kappa shape index (κ3) is 5.09. The van der Waals surface area contributed by atoms with E-state index in [9.17, 15) is 13.6 Å². The third-order valence-electron chi connectivity index (χ3n) is 5.64. The minimum Gasteiger partial charge on any atom is -0.345 e. The summed E-state index contributed by atoms with van der Waals surface area (Å²) in [5.74, 6) is 0.276. The Balaban J connectivity index is 1.74. The molecule has 15 heteroatoms. The van der Waals surface area contributed by atoms with E-state index in [0.717, 1.165) is 10.9 Å². The number of halogens is 2. The summed E-state index contributed by atoms with van der Waals surface area (Å²) in [6, 6.07) is 11.1. The standard InChI is InChI=1S/C23H19F2N7OS5/c1-31-10-12-8-13(3-5-14(12)29-31)32-21(33)18(11-2-4-16(20(24)25)26-9-11)19-15(30-32)6-7-17(27-19)28-22(34,35)23(36,37)38/h2-10,20,34-38H,1H3,(H,27,28). The van der Waals surface area contributed by atoms with Crippen molar-refractivity contribution in [2.75, 3.05) is 5.32 Å². The number of pyridine rings is 2. The van der Waals surface area contributed by atoms with Gasteiger partial charge in [-0.2, -0.15) is 14.9 Å². The predicted octanol–water partition coefficient (Wildman–Crippen LogP) is 5.04. The first-order valence-corrected chi connectivity index (χ1v) is 13.1. The normalized spacial score (nSPS) is 12.6. The molecule has 0 aliphatic carbocycles. The van der Waals surface area contributed by atoms with E-state index in [1.54, 1.807) is 42.1 Å². The number of aromatic nitrogens is 6. The first-order chi connectivity index (χ1) is 17.8. The van der Waals surface area contributed by atoms with Crippen molar-refractivity contribution in [1.82, 2.24) is 29.5 Å². The summed E-state index contributed by atoms with van der Waals surface area (Å²) in [5, 5.41) is 12.7. The zero-order valence-electron chi connectivity index (χ0n) is 19.4. The van der Waals surface area contributed by atoms with Crippen LogP contribution in [0.15, 0.2) is 59.7 Å². The Kier molecular flexibility index (Phi) is 7.09. The van der Waals surface area contributed by atoms with E-state index in [1.807, 2.05) is 6.20 Å². The zero-order valence-corrected chi connectivity index (χ0v) is 23.8. The van der Waals surface area contributed by atoms with Crippen LogP contribution in [0.3, 0.4) is 0 Å². The number of thiol groups is 5. The van der Waals surface area contributed by atoms with Crippen molar-refractivity contribution in [3.05, 3.63) is 70.9 Å². The Labute approximate surface area is 242 Å². The summed E-state index contributed by atoms with van der Waals surface area (Å²) in [7, 11) is 1.80. The van der Waals surface area contributed by atoms with Crippen molar-refractivity contribution in [3.8, 4) is 16.8 Å². The van der Waals surface area contributed by atoms with E-state index >= 15 is 0 Å². The molecule has 5 aromatic rings. The first kappa shape index (κ1) is 27.1. The second kappa shape index (κ2) is 9.93. The van der Waals surface area contributed by atoms with Gasteiger partial charge in [0.25, 0.3) is 12.0 Å². The molecule has 1 aromatic carbocycles. The molecule has 0 unspecified atom stereocenters. The number of nitrogens with zero attached hydrogens (tertiary/aromatic N) is 6. The van der Waals surface area contributed by atoms with Crippen LogP contribution in [0.2, 0.25) is 0 Å². The van der Waals surface area contributed by atoms with Crippen molar-refractivity contribution in [2.45, 2.75) is 14.0 Å². The smallest absolute Gasteiger partial charge is 0.281 e. The molecule has 4 aromatic heterocycles. The fourth-order valence-electron chi connectivity index (χ4n) is 3.79. The highest BCUT2D eigenvalue weighted by Gasteiger charge is 2.39. The van der Waals surface area contributed by atoms with Crippen LogP contribution in [0, 0.1) is 0 Å². The molecule has 0 atom stereocenters. The number of hydrogen-bond acceptors (Lipinski definition) is 11. The maximum Gasteiger partial charge on any atom is 0.281 e. The number of nitrogens with one attached hydrogen (secondary N) is 1. The van der Waals surface area contributed by atoms with Crippen LogP contribution in [0.4, 0.5) is 14.6 Å². The average molecular weight is 608 g/mol. The lowest BCUT2D eigenvalue weighted by molar-refractivity contribution is 0.146. The van der Waals surface area contributed by atoms with Gasteiger partial charge in [-0.15, -0.1) is 63.1 Å². The molecule has 5 rings (SSSR count). The monoisotopic (exact) mass is 607 g/mol. The topological polar surface area (TPSA) is 90.5 Å². The van der Waals surface area contributed by atoms with Crippen LogP contribution < -0.4 is 10.9 Å². The molecule has 0 spiro atoms. The van der Waals surface area contributed by atoms with Gasteiger partial charge in [0.1, 0.15) is 26.0 Å². The van der Waals surface area contributed by atoms with Gasteiger partial charge in [-0.3, -0.25) is 14.5 Å². The predicted molar refractivity (Wildman–Crippen MR) is 162 cm³/mol. The maximum absolute atomic E-state index is 13.9. The summed E-state index contributed by atoms with van der Waals surface area (Å²) in [6.07, 6.45) is 0.289. The summed E-state index contributed by atoms with van der Waals surface area (Å²) in [4.78, 5) is 22.3. The van der Waals surface area contributed by atoms with Gasteiger partial charge in [0.2, 0.25) is 0 Å². The van der Waals surface area contributed by atoms with Crippen molar-refractivity contribution in [2.24, 2.45) is 7.05 Å². The van der Waals surface area contributed by atoms with Crippen LogP contribution >= 0.6 is 63.1 Å². The van der Waals surface area contributed by atoms with Crippen molar-refractivity contribution < 1.29 is 8.78 Å². The van der Waals surface area contributed by atoms with Crippen molar-refractivity contribution >= 4 is 90.9 Å². The van der Waals surface area contributed by atoms with Gasteiger partial charge in [0.15, 0.2) is 4.20 Å². The molecule has 1 N–H and O–H groups in total. The largest absolute Gasteiger partial charge is 0.345 e. The summed E-state index contributed by atoms with van der Waals surface area (Å²) in [5.41, 5.74) is 1.31. The van der Waals surface area contributed by atoms with Crippen LogP contribution in [0.25, 0.3) is 38.8 Å². The Bertz CT molecular complexity index is 1730. The van der Waals surface area contributed by atoms with Crippen molar-refractivity contribution in [1.29, 1.82) is 0 Å². The second-order valence-corrected chi connectivity index (χ2v) is 13.2. The minimum absolute atomic E-state index is 0.121. The molecule has 0 amide bonds. The van der Waals surface area contributed by atoms with Crippen LogP contribution in [-0.2, 0) is 7.05 Å². The van der Waals surface area contributed by atoms with Gasteiger partial charge in [0.05, 0.1) is 16.8 Å². The lowest BCUT2D eigenvalue weighted by atomic mass is 10.1. The van der Waals surface area contributed by atoms with Gasteiger partial charge in [0, 0.05) is 30.4 Å². The van der Waals surface area contributed by atoms with E-state index < -0.39 is 25.3 Å². The van der Waals surface area contributed by atoms with Crippen molar-refractivity contribution in [3.63, 3.8) is 0 Å². The van der Waals surface area contributed by atoms with Crippen LogP contribution in [0.1, 0.15) is 12.1 Å². The number of rotatable bonds is 6. The van der Waals surface area contributed by atoms with E-state index in [2.05, 4.69) is 88.6 Å². The molecule has 0 aliphatic heterocycles. The zero-order chi connectivity index (χ0) is 27.4. The summed E-state index contributed by atoms with van der Waals surface area (Å²) in [6.45, 7) is 0. The number of hydrogen-bond donors (Lipinski definition) is 6. The first-order valence-electron chi connectivity index (χ1n) is 10.9. The molecule has 4 heterocycles. The number of anilines is 1. The van der Waals surface area contributed by atoms with E-state index in [1.165, 1.54) is 23.0 Å². The Morgan fingerprint density at radius 2 is 1.71 bits per heavy atom. The molecule has 0 bridgehead atoms. The summed E-state index contributed by atoms with van der Waals surface area (Å²) >= 11 is 21.7. The van der Waals surface area contributed by atoms with E-state index in [-0.39, 0.29) is 16.9 Å². The lowest BCUT2D eigenvalue weighted by Gasteiger charge is -2.34. The molecule has 8 nitrogen and oxygen atoms in total. The van der Waals surface area contributed by atoms with Gasteiger partial charge < -0.3 is 5.32 Å². The quantitative estimate of drug-likeness (QED) is 0.120. The molecular formula is C23H19F2N7OS5. The molecule has 38 heavy (non-hydrogen) atoms. The highest BCUT2D eigenvalue weighted by Crippen LogP contribution is 2.44. The van der Waals surface area contributed by atoms with Gasteiger partial charge >= 0.3 is 0 Å². The molecular weight excluding hydrogens is 589 g/mol. The highest BCUT2D eigenvalue weighted by molar-refractivity contribution is 8.20. The Morgan fingerprint density at radius 1 is 0.974 bits per heavy atom. The Hall–Kier alpha value is -2.46. The molecule has 0 radical (unpaired) electrons. The molecule has 0 saturated carbocycles. The third-order valence-corrected chi connectivity index (χ3v) is 8.60. The number of alkyl halides is 2. The number of aryl methyl sites for hydroxylation is 1. The van der Waals surface area contributed by atoms with E-state index in [4.69, 9.17) is 0 Å². The Morgan fingerprint density at radius 3 is 2.37 bits per heavy atom. The fraction of sp³-hybridized carbons (Fsp3) is 0.174. The van der Waals surface area contributed by atoms with Gasteiger partial charge in [-0.1, -0.05) is 6.07 Å². The van der Waals surface area contributed by atoms with E-state index in [0.29, 0.717) is 16.8 Å². The second-order valence-electron chi connectivity index (χ2n) is 8.41. The SMILES string of the molecule is Cn1cc2cc(-n3nc4ccc(NC(S)(S)C(S)(S)S)nc4c(-c4ccc(C(F)F)nc4)c3=O)ccc2n1. The van der Waals surface area contributed by atoms with Gasteiger partial charge in [-0.25, -0.2) is 13.8 Å². The molecule has 0 saturated heterocycles. The number of benzene rings is 1. The molecule has 0 aliphatic rings. The number of fused-ring (bicyclic) bond motifs is 2. The average Bonchev–Trinajstić information content (AvgIpc) is 3.22.